The lowest BCUT2D eigenvalue weighted by Gasteiger charge is -2.33. The fourth-order valence-corrected chi connectivity index (χ4v) is 3.75. The number of primary sulfonamides is 1. The molecule has 3 N–H and O–H groups in total. The van der Waals surface area contributed by atoms with Gasteiger partial charge in [-0.3, -0.25) is 9.59 Å². The summed E-state index contributed by atoms with van der Waals surface area (Å²) < 4.78 is 23.5. The normalized spacial score (nSPS) is 18.4. The lowest BCUT2D eigenvalue weighted by atomic mass is 9.93. The summed E-state index contributed by atoms with van der Waals surface area (Å²) in [5, 5.41) is 14.0. The molecule has 1 aromatic carbocycles. The van der Waals surface area contributed by atoms with E-state index < -0.39 is 16.0 Å². The number of nitrogens with zero attached hydrogens (tertiary/aromatic N) is 1. The van der Waals surface area contributed by atoms with Crippen LogP contribution < -0.4 is 5.14 Å². The van der Waals surface area contributed by atoms with Crippen molar-refractivity contribution in [2.45, 2.75) is 37.5 Å². The third-order valence-electron chi connectivity index (χ3n) is 4.24. The first-order chi connectivity index (χ1) is 11.2. The predicted octanol–water partition coefficient (Wildman–Crippen LogP) is 1.36. The van der Waals surface area contributed by atoms with Crippen molar-refractivity contribution in [3.05, 3.63) is 29.3 Å². The summed E-state index contributed by atoms with van der Waals surface area (Å²) in [5.41, 5.74) is 0.849. The minimum absolute atomic E-state index is 0.0690. The van der Waals surface area contributed by atoms with Gasteiger partial charge in [-0.15, -0.1) is 0 Å². The molecule has 7 nitrogen and oxygen atoms in total. The van der Waals surface area contributed by atoms with Crippen molar-refractivity contribution in [3.8, 4) is 0 Å². The first kappa shape index (κ1) is 18.4. The number of carbonyl (C=O) groups excluding carboxylic acids is 1. The third-order valence-corrected chi connectivity index (χ3v) is 5.21. The Bertz CT molecular complexity index is 745. The Balaban J connectivity index is 2.22. The molecule has 1 heterocycles. The second-order valence-corrected chi connectivity index (χ2v) is 7.77. The second-order valence-electron chi connectivity index (χ2n) is 6.24. The topological polar surface area (TPSA) is 118 Å². The van der Waals surface area contributed by atoms with E-state index in [0.717, 1.165) is 18.4 Å². The summed E-state index contributed by atoms with van der Waals surface area (Å²) >= 11 is 0. The van der Waals surface area contributed by atoms with Crippen LogP contribution in [0.4, 0.5) is 0 Å². The average Bonchev–Trinajstić information content (AvgIpc) is 2.51. The summed E-state index contributed by atoms with van der Waals surface area (Å²) in [4.78, 5) is 24.9. The highest BCUT2D eigenvalue weighted by Crippen LogP contribution is 2.25. The number of carboxylic acids is 1. The third kappa shape index (κ3) is 4.55. The van der Waals surface area contributed by atoms with Gasteiger partial charge in [-0.25, -0.2) is 13.6 Å². The fraction of sp³-hybridized carbons (Fsp3) is 0.500. The second kappa shape index (κ2) is 7.31. The lowest BCUT2D eigenvalue weighted by molar-refractivity contribution is -0.137. The van der Waals surface area contributed by atoms with E-state index in [2.05, 4.69) is 0 Å². The highest BCUT2D eigenvalue weighted by Gasteiger charge is 2.28. The summed E-state index contributed by atoms with van der Waals surface area (Å²) in [6, 6.07) is 4.48. The van der Waals surface area contributed by atoms with E-state index in [1.54, 1.807) is 17.9 Å². The van der Waals surface area contributed by atoms with Gasteiger partial charge in [0, 0.05) is 19.5 Å². The predicted molar refractivity (Wildman–Crippen MR) is 88.0 cm³/mol. The molecule has 8 heteroatoms. The first-order valence-corrected chi connectivity index (χ1v) is 9.37. The molecule has 2 rings (SSSR count). The number of carbonyl (C=O) groups is 2. The van der Waals surface area contributed by atoms with Crippen LogP contribution in [0.15, 0.2) is 23.1 Å². The van der Waals surface area contributed by atoms with E-state index in [1.807, 2.05) is 0 Å². The molecule has 1 atom stereocenters. The van der Waals surface area contributed by atoms with Crippen LogP contribution in [-0.4, -0.2) is 43.4 Å². The van der Waals surface area contributed by atoms with E-state index >= 15 is 0 Å². The summed E-state index contributed by atoms with van der Waals surface area (Å²) in [7, 11) is -3.99. The first-order valence-electron chi connectivity index (χ1n) is 7.83. The van der Waals surface area contributed by atoms with Crippen molar-refractivity contribution in [3.63, 3.8) is 0 Å². The number of piperidine rings is 1. The molecule has 1 saturated heterocycles. The van der Waals surface area contributed by atoms with Crippen molar-refractivity contribution in [2.24, 2.45) is 11.1 Å². The molecule has 1 aliphatic rings. The van der Waals surface area contributed by atoms with Gasteiger partial charge in [-0.05, 0) is 44.2 Å². The quantitative estimate of drug-likeness (QED) is 0.828. The Hall–Kier alpha value is -1.93. The Morgan fingerprint density at radius 2 is 2.08 bits per heavy atom. The van der Waals surface area contributed by atoms with Gasteiger partial charge in [0.2, 0.25) is 10.0 Å². The number of aryl methyl sites for hydroxylation is 1. The summed E-state index contributed by atoms with van der Waals surface area (Å²) in [6.07, 6.45) is 2.22. The van der Waals surface area contributed by atoms with Crippen LogP contribution in [0.5, 0.6) is 0 Å². The average molecular weight is 354 g/mol. The van der Waals surface area contributed by atoms with Crippen molar-refractivity contribution < 1.29 is 23.1 Å². The van der Waals surface area contributed by atoms with Crippen LogP contribution in [0.2, 0.25) is 0 Å². The lowest BCUT2D eigenvalue weighted by Crippen LogP contribution is -2.40. The number of benzene rings is 1. The maximum atomic E-state index is 12.8. The molecule has 1 aromatic rings. The molecule has 0 bridgehead atoms. The molecular formula is C16H22N2O5S. The van der Waals surface area contributed by atoms with E-state index in [-0.39, 0.29) is 28.7 Å². The molecule has 0 aromatic heterocycles. The Kier molecular flexibility index (Phi) is 5.61. The molecule has 1 amide bonds. The van der Waals surface area contributed by atoms with E-state index in [4.69, 9.17) is 10.2 Å². The fourth-order valence-electron chi connectivity index (χ4n) is 3.04. The van der Waals surface area contributed by atoms with Gasteiger partial charge < -0.3 is 10.0 Å². The standard InChI is InChI=1S/C16H22N2O5S/c1-11-4-6-14(24(17,22)23)13(9-11)16(21)18-8-2-3-12(10-18)5-7-15(19)20/h4,6,9,12H,2-3,5,7-8,10H2,1H3,(H,19,20)(H2,17,22,23). The zero-order chi connectivity index (χ0) is 17.9. The molecule has 1 unspecified atom stereocenters. The van der Waals surface area contributed by atoms with Crippen LogP contribution in [0.1, 0.15) is 41.6 Å². The molecule has 132 valence electrons. The Morgan fingerprint density at radius 1 is 1.38 bits per heavy atom. The van der Waals surface area contributed by atoms with Gasteiger partial charge >= 0.3 is 5.97 Å². The van der Waals surface area contributed by atoms with Crippen LogP contribution >= 0.6 is 0 Å². The molecule has 1 fully saturated rings. The smallest absolute Gasteiger partial charge is 0.303 e. The number of likely N-dealkylation sites (tertiary alicyclic amines) is 1. The zero-order valence-corrected chi connectivity index (χ0v) is 14.4. The maximum absolute atomic E-state index is 12.8. The zero-order valence-electron chi connectivity index (χ0n) is 13.6. The van der Waals surface area contributed by atoms with E-state index in [1.165, 1.54) is 12.1 Å². The van der Waals surface area contributed by atoms with Crippen molar-refractivity contribution in [1.82, 2.24) is 4.90 Å². The number of hydrogen-bond donors (Lipinski definition) is 2. The summed E-state index contributed by atoms with van der Waals surface area (Å²) in [5.74, 6) is -1.11. The molecule has 0 spiro atoms. The van der Waals surface area contributed by atoms with Gasteiger partial charge in [-0.1, -0.05) is 11.6 Å². The molecule has 0 radical (unpaired) electrons. The Labute approximate surface area is 141 Å². The van der Waals surface area contributed by atoms with Crippen LogP contribution in [-0.2, 0) is 14.8 Å². The van der Waals surface area contributed by atoms with Crippen LogP contribution in [0.25, 0.3) is 0 Å². The maximum Gasteiger partial charge on any atom is 0.303 e. The van der Waals surface area contributed by atoms with Gasteiger partial charge in [0.15, 0.2) is 0 Å². The highest BCUT2D eigenvalue weighted by molar-refractivity contribution is 7.89. The van der Waals surface area contributed by atoms with Crippen LogP contribution in [0, 0.1) is 12.8 Å². The highest BCUT2D eigenvalue weighted by atomic mass is 32.2. The van der Waals surface area contributed by atoms with E-state index in [9.17, 15) is 18.0 Å². The number of carboxylic acid groups (broad SMARTS) is 1. The van der Waals surface area contributed by atoms with Gasteiger partial charge in [0.05, 0.1) is 10.5 Å². The number of nitrogens with two attached hydrogens (primary N) is 1. The molecule has 0 aliphatic carbocycles. The number of sulfonamides is 1. The minimum atomic E-state index is -3.99. The molecule has 1 aliphatic heterocycles. The van der Waals surface area contributed by atoms with Gasteiger partial charge in [0.1, 0.15) is 0 Å². The number of hydrogen-bond acceptors (Lipinski definition) is 4. The Morgan fingerprint density at radius 3 is 2.71 bits per heavy atom. The van der Waals surface area contributed by atoms with Gasteiger partial charge in [-0.2, -0.15) is 0 Å². The minimum Gasteiger partial charge on any atom is -0.481 e. The summed E-state index contributed by atoms with van der Waals surface area (Å²) in [6.45, 7) is 2.74. The van der Waals surface area contributed by atoms with E-state index in [0.29, 0.717) is 19.5 Å². The molecular weight excluding hydrogens is 332 g/mol. The van der Waals surface area contributed by atoms with Gasteiger partial charge in [0.25, 0.3) is 5.91 Å². The van der Waals surface area contributed by atoms with Crippen molar-refractivity contribution in [1.29, 1.82) is 0 Å². The number of rotatable bonds is 5. The molecule has 24 heavy (non-hydrogen) atoms. The number of amides is 1. The SMILES string of the molecule is Cc1ccc(S(N)(=O)=O)c(C(=O)N2CCCC(CCC(=O)O)C2)c1. The monoisotopic (exact) mass is 354 g/mol. The molecule has 0 saturated carbocycles. The van der Waals surface area contributed by atoms with Crippen LogP contribution in [0.3, 0.4) is 0 Å². The number of aliphatic carboxylic acids is 1. The van der Waals surface area contributed by atoms with Crippen molar-refractivity contribution >= 4 is 21.9 Å². The van der Waals surface area contributed by atoms with Crippen molar-refractivity contribution in [2.75, 3.05) is 13.1 Å². The largest absolute Gasteiger partial charge is 0.481 e.